The van der Waals surface area contributed by atoms with Crippen molar-refractivity contribution in [2.45, 2.75) is 44.3 Å². The van der Waals surface area contributed by atoms with E-state index in [0.29, 0.717) is 24.6 Å². The molecule has 164 valence electrons. The van der Waals surface area contributed by atoms with Crippen LogP contribution in [0.5, 0.6) is 0 Å². The molecular formula is C22H31N3O4S. The Morgan fingerprint density at radius 3 is 2.30 bits per heavy atom. The van der Waals surface area contributed by atoms with Gasteiger partial charge in [0.05, 0.1) is 11.6 Å². The zero-order valence-corrected chi connectivity index (χ0v) is 18.5. The smallest absolute Gasteiger partial charge is 0.223 e. The molecule has 2 aliphatic rings. The maximum Gasteiger partial charge on any atom is 0.223 e. The number of nitriles is 1. The van der Waals surface area contributed by atoms with Gasteiger partial charge in [0.1, 0.15) is 5.25 Å². The van der Waals surface area contributed by atoms with Gasteiger partial charge < -0.3 is 10.0 Å². The van der Waals surface area contributed by atoms with E-state index < -0.39 is 15.3 Å². The topological polar surface area (TPSA) is 102 Å². The van der Waals surface area contributed by atoms with Crippen LogP contribution in [0.4, 0.5) is 0 Å². The number of amides is 1. The van der Waals surface area contributed by atoms with Crippen molar-refractivity contribution in [2.24, 2.45) is 11.8 Å². The SMILES string of the molecule is CC(C)[C@H](CO)CC(=O)N1CC(S(=O)(=O)N2CCC(c3ccc(C#N)cc3)CC2)C1. The van der Waals surface area contributed by atoms with Crippen LogP contribution < -0.4 is 0 Å². The fourth-order valence-electron chi connectivity index (χ4n) is 4.18. The van der Waals surface area contributed by atoms with Crippen LogP contribution in [0.15, 0.2) is 24.3 Å². The molecular weight excluding hydrogens is 402 g/mol. The lowest BCUT2D eigenvalue weighted by Crippen LogP contribution is -2.60. The molecule has 1 N–H and O–H groups in total. The molecule has 1 aromatic carbocycles. The maximum absolute atomic E-state index is 13.0. The maximum atomic E-state index is 13.0. The average molecular weight is 434 g/mol. The molecule has 0 saturated carbocycles. The minimum absolute atomic E-state index is 0.0346. The number of carbonyl (C=O) groups is 1. The number of aliphatic hydroxyl groups is 1. The fourth-order valence-corrected chi connectivity index (χ4v) is 6.06. The minimum Gasteiger partial charge on any atom is -0.396 e. The van der Waals surface area contributed by atoms with Crippen LogP contribution in [-0.2, 0) is 14.8 Å². The van der Waals surface area contributed by atoms with Gasteiger partial charge in [-0.05, 0) is 48.3 Å². The van der Waals surface area contributed by atoms with E-state index in [1.165, 1.54) is 0 Å². The van der Waals surface area contributed by atoms with Crippen LogP contribution in [0.25, 0.3) is 0 Å². The van der Waals surface area contributed by atoms with Crippen LogP contribution in [0.2, 0.25) is 0 Å². The summed E-state index contributed by atoms with van der Waals surface area (Å²) in [5.41, 5.74) is 1.77. The number of hydrogen-bond acceptors (Lipinski definition) is 5. The van der Waals surface area contributed by atoms with Gasteiger partial charge in [0, 0.05) is 39.2 Å². The lowest BCUT2D eigenvalue weighted by Gasteiger charge is -2.42. The summed E-state index contributed by atoms with van der Waals surface area (Å²) in [6, 6.07) is 9.64. The lowest BCUT2D eigenvalue weighted by molar-refractivity contribution is -0.136. The van der Waals surface area contributed by atoms with Crippen molar-refractivity contribution in [1.29, 1.82) is 5.26 Å². The predicted molar refractivity (Wildman–Crippen MR) is 114 cm³/mol. The van der Waals surface area contributed by atoms with Crippen molar-refractivity contribution < 1.29 is 18.3 Å². The summed E-state index contributed by atoms with van der Waals surface area (Å²) in [5.74, 6) is 0.343. The minimum atomic E-state index is -3.41. The largest absolute Gasteiger partial charge is 0.396 e. The molecule has 1 amide bonds. The normalized spacial score (nSPS) is 20.0. The van der Waals surface area contributed by atoms with Gasteiger partial charge in [-0.25, -0.2) is 12.7 Å². The van der Waals surface area contributed by atoms with E-state index in [1.807, 2.05) is 26.0 Å². The molecule has 2 saturated heterocycles. The monoisotopic (exact) mass is 433 g/mol. The van der Waals surface area contributed by atoms with E-state index in [9.17, 15) is 18.3 Å². The second-order valence-corrected chi connectivity index (χ2v) is 11.0. The predicted octanol–water partition coefficient (Wildman–Crippen LogP) is 1.93. The number of piperidine rings is 1. The molecule has 8 heteroatoms. The van der Waals surface area contributed by atoms with Crippen LogP contribution in [0.1, 0.15) is 50.2 Å². The number of hydrogen-bond donors (Lipinski definition) is 1. The van der Waals surface area contributed by atoms with E-state index in [4.69, 9.17) is 5.26 Å². The zero-order valence-electron chi connectivity index (χ0n) is 17.7. The molecule has 0 aromatic heterocycles. The Morgan fingerprint density at radius 2 is 1.80 bits per heavy atom. The van der Waals surface area contributed by atoms with Crippen LogP contribution >= 0.6 is 0 Å². The molecule has 2 fully saturated rings. The third-order valence-electron chi connectivity index (χ3n) is 6.56. The molecule has 0 unspecified atom stereocenters. The Bertz CT molecular complexity index is 878. The fraction of sp³-hybridized carbons (Fsp3) is 0.636. The van der Waals surface area contributed by atoms with Crippen molar-refractivity contribution in [2.75, 3.05) is 32.8 Å². The average Bonchev–Trinajstić information content (AvgIpc) is 2.70. The molecule has 1 atom stereocenters. The van der Waals surface area contributed by atoms with E-state index in [-0.39, 0.29) is 43.9 Å². The first-order chi connectivity index (χ1) is 14.3. The van der Waals surface area contributed by atoms with Gasteiger partial charge >= 0.3 is 0 Å². The molecule has 1 aromatic rings. The van der Waals surface area contributed by atoms with Crippen LogP contribution in [-0.4, -0.2) is 66.7 Å². The third kappa shape index (κ3) is 4.85. The number of sulfonamides is 1. The zero-order chi connectivity index (χ0) is 21.9. The van der Waals surface area contributed by atoms with E-state index in [2.05, 4.69) is 6.07 Å². The number of likely N-dealkylation sites (tertiary alicyclic amines) is 1. The summed E-state index contributed by atoms with van der Waals surface area (Å²) in [4.78, 5) is 14.0. The first-order valence-corrected chi connectivity index (χ1v) is 12.1. The van der Waals surface area contributed by atoms with Crippen molar-refractivity contribution >= 4 is 15.9 Å². The molecule has 7 nitrogen and oxygen atoms in total. The van der Waals surface area contributed by atoms with Gasteiger partial charge in [0.2, 0.25) is 15.9 Å². The Morgan fingerprint density at radius 1 is 1.20 bits per heavy atom. The molecule has 0 bridgehead atoms. The molecule has 0 aliphatic carbocycles. The van der Waals surface area contributed by atoms with Gasteiger partial charge in [-0.2, -0.15) is 5.26 Å². The number of nitrogens with zero attached hydrogens (tertiary/aromatic N) is 3. The highest BCUT2D eigenvalue weighted by molar-refractivity contribution is 7.89. The van der Waals surface area contributed by atoms with Gasteiger partial charge in [-0.15, -0.1) is 0 Å². The highest BCUT2D eigenvalue weighted by atomic mass is 32.2. The number of rotatable bonds is 7. The Hall–Kier alpha value is -1.95. The molecule has 0 radical (unpaired) electrons. The lowest BCUT2D eigenvalue weighted by atomic mass is 9.90. The highest BCUT2D eigenvalue weighted by Gasteiger charge is 2.43. The van der Waals surface area contributed by atoms with Gasteiger partial charge in [-0.1, -0.05) is 26.0 Å². The quantitative estimate of drug-likeness (QED) is 0.708. The van der Waals surface area contributed by atoms with Crippen molar-refractivity contribution in [3.63, 3.8) is 0 Å². The summed E-state index contributed by atoms with van der Waals surface area (Å²) in [6.07, 6.45) is 1.77. The first kappa shape index (κ1) is 22.7. The second kappa shape index (κ2) is 9.46. The standard InChI is InChI=1S/C22H31N3O4S/c1-16(2)20(15-26)11-22(27)24-13-21(14-24)30(28,29)25-9-7-19(8-10-25)18-5-3-17(12-23)4-6-18/h3-6,16,19-21,26H,7-11,13-15H2,1-2H3/t20-/m0/s1. The molecule has 3 rings (SSSR count). The Balaban J connectivity index is 1.50. The van der Waals surface area contributed by atoms with Crippen molar-refractivity contribution in [3.05, 3.63) is 35.4 Å². The van der Waals surface area contributed by atoms with Gasteiger partial charge in [0.25, 0.3) is 0 Å². The van der Waals surface area contributed by atoms with Gasteiger partial charge in [0.15, 0.2) is 0 Å². The summed E-state index contributed by atoms with van der Waals surface area (Å²) in [6.45, 7) is 5.36. The summed E-state index contributed by atoms with van der Waals surface area (Å²) in [5, 5.41) is 17.8. The Kier molecular flexibility index (Phi) is 7.17. The Labute approximate surface area is 179 Å². The molecule has 30 heavy (non-hydrogen) atoms. The molecule has 2 aliphatic heterocycles. The highest BCUT2D eigenvalue weighted by Crippen LogP contribution is 2.31. The first-order valence-electron chi connectivity index (χ1n) is 10.6. The van der Waals surface area contributed by atoms with Crippen molar-refractivity contribution in [1.82, 2.24) is 9.21 Å². The van der Waals surface area contributed by atoms with Crippen LogP contribution in [0, 0.1) is 23.2 Å². The van der Waals surface area contributed by atoms with E-state index >= 15 is 0 Å². The number of benzene rings is 1. The number of aliphatic hydroxyl groups excluding tert-OH is 1. The third-order valence-corrected chi connectivity index (χ3v) is 8.79. The van der Waals surface area contributed by atoms with Gasteiger partial charge in [-0.3, -0.25) is 4.79 Å². The van der Waals surface area contributed by atoms with Crippen molar-refractivity contribution in [3.8, 4) is 6.07 Å². The van der Waals surface area contributed by atoms with E-state index in [1.54, 1.807) is 21.3 Å². The van der Waals surface area contributed by atoms with Crippen LogP contribution in [0.3, 0.4) is 0 Å². The molecule has 0 spiro atoms. The summed E-state index contributed by atoms with van der Waals surface area (Å²) >= 11 is 0. The molecule has 2 heterocycles. The summed E-state index contributed by atoms with van der Waals surface area (Å²) in [7, 11) is -3.41. The summed E-state index contributed by atoms with van der Waals surface area (Å²) < 4.78 is 27.5. The number of carbonyl (C=O) groups excluding carboxylic acids is 1. The second-order valence-electron chi connectivity index (χ2n) is 8.76. The van der Waals surface area contributed by atoms with E-state index in [0.717, 1.165) is 18.4 Å².